The number of allylic oxidation sites excluding steroid dienone is 1. The summed E-state index contributed by atoms with van der Waals surface area (Å²) in [6.45, 7) is 15.4. The van der Waals surface area contributed by atoms with Crippen LogP contribution in [-0.4, -0.2) is 208 Å². The summed E-state index contributed by atoms with van der Waals surface area (Å²) in [6.07, 6.45) is -11.2. The van der Waals surface area contributed by atoms with Gasteiger partial charge in [-0.15, -0.1) is 6.58 Å². The first-order chi connectivity index (χ1) is 27.2. The predicted molar refractivity (Wildman–Crippen MR) is 320 cm³/mol. The summed E-state index contributed by atoms with van der Waals surface area (Å²) in [4.78, 5) is 4.82. The van der Waals surface area contributed by atoms with E-state index in [1.165, 1.54) is 7.11 Å². The van der Waals surface area contributed by atoms with Crippen LogP contribution in [0.4, 0.5) is 0 Å². The van der Waals surface area contributed by atoms with Crippen LogP contribution >= 0.6 is 0 Å². The third kappa shape index (κ3) is 44.9. The Kier molecular flexibility index (Phi) is 122. The summed E-state index contributed by atoms with van der Waals surface area (Å²) in [5.74, 6) is -1.31. The van der Waals surface area contributed by atoms with Crippen molar-refractivity contribution in [1.29, 1.82) is 0 Å². The Morgan fingerprint density at radius 1 is 0.527 bits per heavy atom. The normalized spacial score (nSPS) is 23.2. The number of ether oxygens (including phenoxy) is 11. The SMILES string of the molecule is C.C.C.C.C.C.C.C.C.C.C.C.C.C.C.C.C.C=CC.COCC(C)C.COC[C@H]1O[C@@](COC(C)CO)(O[C@@H]2OC(COC(C)CO)[C@@H](OC(C)CO)[C@@H](OCCO)C2OC(C)CO)[C@H](OC(C)CO)C1OO. The summed E-state index contributed by atoms with van der Waals surface area (Å²) >= 11 is 0. The zero-order chi connectivity index (χ0) is 43.6. The number of aliphatic hydroxyl groups is 6. The zero-order valence-corrected chi connectivity index (χ0v) is 35.7. The van der Waals surface area contributed by atoms with Crippen LogP contribution in [0.15, 0.2) is 12.7 Å². The number of aliphatic hydroxyl groups excluding tert-OH is 6. The van der Waals surface area contributed by atoms with E-state index in [0.29, 0.717) is 5.92 Å². The Labute approximate surface area is 464 Å². The third-order valence-corrected chi connectivity index (χ3v) is 8.27. The first-order valence-corrected chi connectivity index (χ1v) is 19.5. The summed E-state index contributed by atoms with van der Waals surface area (Å²) in [5, 5.41) is 68.8. The molecule has 2 aliphatic rings. The van der Waals surface area contributed by atoms with Crippen LogP contribution in [0.5, 0.6) is 0 Å². The van der Waals surface area contributed by atoms with Gasteiger partial charge >= 0.3 is 0 Å². The molecule has 0 amide bonds. The van der Waals surface area contributed by atoms with E-state index in [1.54, 1.807) is 47.8 Å². The molecule has 74 heavy (non-hydrogen) atoms. The van der Waals surface area contributed by atoms with Crippen molar-refractivity contribution in [2.45, 2.75) is 267 Å². The minimum Gasteiger partial charge on any atom is -0.394 e. The van der Waals surface area contributed by atoms with Gasteiger partial charge in [0.2, 0.25) is 5.79 Å². The first-order valence-electron chi connectivity index (χ1n) is 19.5. The van der Waals surface area contributed by atoms with E-state index in [2.05, 4.69) is 20.4 Å². The van der Waals surface area contributed by atoms with Crippen LogP contribution < -0.4 is 0 Å². The maximum atomic E-state index is 10.0. The van der Waals surface area contributed by atoms with Crippen LogP contribution in [0.25, 0.3) is 0 Å². The van der Waals surface area contributed by atoms with Gasteiger partial charge in [-0.2, -0.15) is 0 Å². The second-order valence-electron chi connectivity index (χ2n) is 14.3. The number of methoxy groups -OCH3 is 2. The molecule has 0 aliphatic carbocycles. The molecule has 0 saturated carbocycles. The Morgan fingerprint density at radius 2 is 0.932 bits per heavy atom. The van der Waals surface area contributed by atoms with E-state index < -0.39 is 105 Å². The Morgan fingerprint density at radius 3 is 1.28 bits per heavy atom. The third-order valence-electron chi connectivity index (χ3n) is 8.27. The van der Waals surface area contributed by atoms with Crippen LogP contribution in [0.1, 0.15) is 182 Å². The number of hydrogen-bond acceptors (Lipinski definition) is 19. The van der Waals surface area contributed by atoms with Gasteiger partial charge in [-0.05, 0) is 47.5 Å². The van der Waals surface area contributed by atoms with E-state index in [1.807, 2.05) is 6.92 Å². The van der Waals surface area contributed by atoms with Crippen LogP contribution in [0, 0.1) is 5.92 Å². The molecule has 8 unspecified atom stereocenters. The molecule has 14 atom stereocenters. The largest absolute Gasteiger partial charge is 0.394 e. The van der Waals surface area contributed by atoms with Gasteiger partial charge in [0.1, 0.15) is 43.2 Å². The Bertz CT molecular complexity index is 976. The number of hydrogen-bond donors (Lipinski definition) is 7. The average Bonchev–Trinajstić information content (AvgIpc) is 3.47. The van der Waals surface area contributed by atoms with Gasteiger partial charge < -0.3 is 82.7 Å². The molecule has 0 aromatic heterocycles. The smallest absolute Gasteiger partial charge is 0.224 e. The first kappa shape index (κ1) is 125. The summed E-state index contributed by atoms with van der Waals surface area (Å²) < 4.78 is 65.9. The second kappa shape index (κ2) is 72.0. The molecule has 2 rings (SSSR count). The molecular weight excluding hydrogens is 965 g/mol. The maximum absolute atomic E-state index is 10.0. The fourth-order valence-electron chi connectivity index (χ4n) is 5.54. The van der Waals surface area contributed by atoms with Gasteiger partial charge in [0.15, 0.2) is 12.4 Å². The molecule has 0 aromatic rings. The van der Waals surface area contributed by atoms with Gasteiger partial charge in [-0.3, -0.25) is 5.26 Å². The van der Waals surface area contributed by atoms with E-state index in [0.717, 1.165) is 6.61 Å². The molecule has 0 bridgehead atoms. The second-order valence-corrected chi connectivity index (χ2v) is 14.3. The quantitative estimate of drug-likeness (QED) is 0.0229. The molecule has 0 aromatic carbocycles. The summed E-state index contributed by atoms with van der Waals surface area (Å²) in [5.41, 5.74) is 0. The summed E-state index contributed by atoms with van der Waals surface area (Å²) in [7, 11) is 3.13. The summed E-state index contributed by atoms with van der Waals surface area (Å²) in [6, 6.07) is 0. The van der Waals surface area contributed by atoms with Crippen molar-refractivity contribution in [3.05, 3.63) is 12.7 Å². The molecule has 478 valence electrons. The number of rotatable bonds is 27. The molecular formula is C55H144O19. The molecule has 0 radical (unpaired) electrons. The predicted octanol–water partition coefficient (Wildman–Crippen LogP) is 11.1. The lowest BCUT2D eigenvalue weighted by Gasteiger charge is -2.49. The minimum atomic E-state index is -1.99. The van der Waals surface area contributed by atoms with Crippen molar-refractivity contribution in [1.82, 2.24) is 0 Å². The topological polar surface area (TPSA) is 252 Å². The molecule has 2 aliphatic heterocycles. The fourth-order valence-corrected chi connectivity index (χ4v) is 5.54. The lowest BCUT2D eigenvalue weighted by molar-refractivity contribution is -0.404. The molecule has 0 spiro atoms. The molecule has 2 saturated heterocycles. The lowest BCUT2D eigenvalue weighted by atomic mass is 9.97. The monoisotopic (exact) mass is 1110 g/mol. The van der Waals surface area contributed by atoms with Gasteiger partial charge in [-0.1, -0.05) is 146 Å². The van der Waals surface area contributed by atoms with Crippen molar-refractivity contribution in [2.75, 3.05) is 86.9 Å². The highest BCUT2D eigenvalue weighted by Gasteiger charge is 2.62. The Balaban J connectivity index is -0.0000000695. The van der Waals surface area contributed by atoms with Crippen molar-refractivity contribution >= 4 is 0 Å². The van der Waals surface area contributed by atoms with Gasteiger partial charge in [-0.25, -0.2) is 4.89 Å². The Hall–Kier alpha value is -1.02. The van der Waals surface area contributed by atoms with Crippen molar-refractivity contribution < 1.29 is 92.9 Å². The molecule has 7 N–H and O–H groups in total. The van der Waals surface area contributed by atoms with Crippen molar-refractivity contribution in [3.63, 3.8) is 0 Å². The highest BCUT2D eigenvalue weighted by Crippen LogP contribution is 2.42. The van der Waals surface area contributed by atoms with Crippen LogP contribution in [0.3, 0.4) is 0 Å². The van der Waals surface area contributed by atoms with E-state index in [-0.39, 0.29) is 173 Å². The van der Waals surface area contributed by atoms with Crippen LogP contribution in [0.2, 0.25) is 0 Å². The fraction of sp³-hybridized carbons (Fsp3) is 0.964. The van der Waals surface area contributed by atoms with Gasteiger partial charge in [0.25, 0.3) is 0 Å². The standard InChI is InChI=1S/C30H58O18.C5H12O.C3H6.17CH4/c1-17(9-32)40-15-22-24(42-19(3)11-34)26(39-8-7-31)27(43-20(4)12-35)29(45-22)47-30(16-41-18(2)10-33)28(44-21(5)13-36)25(48-37)23(46-30)14-38-6;1-5(2)4-6-3;1-3-2;;;;;;;;;;;;;;;;;/h17-29,31-37H,7-16H2,1-6H3;5H,4H2,1-3H3;3H,1H2,2H3;17*1H4/t17?,18?,19?,20?,21?,22?,23-,24-,25?,26-,27?,28-,29+,30+;;;;;;;;;;;;;;;;;;;/m1.................../s1. The van der Waals surface area contributed by atoms with E-state index >= 15 is 0 Å². The van der Waals surface area contributed by atoms with E-state index in [9.17, 15) is 35.9 Å². The lowest BCUT2D eigenvalue weighted by Crippen LogP contribution is -2.66. The molecule has 2 fully saturated rings. The molecule has 19 heteroatoms. The van der Waals surface area contributed by atoms with Crippen molar-refractivity contribution in [2.24, 2.45) is 5.92 Å². The minimum absolute atomic E-state index is 0. The average molecular weight is 1110 g/mol. The highest BCUT2D eigenvalue weighted by atomic mass is 17.1. The molecule has 19 nitrogen and oxygen atoms in total. The van der Waals surface area contributed by atoms with Gasteiger partial charge in [0, 0.05) is 20.8 Å². The van der Waals surface area contributed by atoms with E-state index in [4.69, 9.17) is 57.0 Å². The zero-order valence-electron chi connectivity index (χ0n) is 35.7. The highest BCUT2D eigenvalue weighted by molar-refractivity contribution is 5.02. The van der Waals surface area contributed by atoms with Gasteiger partial charge in [0.05, 0.1) is 90.0 Å². The maximum Gasteiger partial charge on any atom is 0.224 e. The van der Waals surface area contributed by atoms with Crippen LogP contribution in [-0.2, 0) is 57.0 Å². The molecule has 2 heterocycles. The van der Waals surface area contributed by atoms with Crippen molar-refractivity contribution in [3.8, 4) is 0 Å².